The number of pyridine rings is 1. The number of rotatable bonds is 7. The van der Waals surface area contributed by atoms with E-state index in [1.54, 1.807) is 42.3 Å². The Hall–Kier alpha value is -4.43. The fraction of sp³-hybridized carbons (Fsp3) is 0.265. The second-order valence-corrected chi connectivity index (χ2v) is 11.8. The zero-order chi connectivity index (χ0) is 30.1. The maximum atomic E-state index is 14.5. The van der Waals surface area contributed by atoms with Crippen LogP contribution in [0.15, 0.2) is 89.7 Å². The first-order chi connectivity index (χ1) is 20.8. The molecule has 6 rings (SSSR count). The summed E-state index contributed by atoms with van der Waals surface area (Å²) in [6, 6.07) is 24.8. The summed E-state index contributed by atoms with van der Waals surface area (Å²) in [4.78, 5) is 43.1. The van der Waals surface area contributed by atoms with Gasteiger partial charge in [-0.25, -0.2) is 4.39 Å². The molecule has 0 saturated carbocycles. The van der Waals surface area contributed by atoms with Crippen molar-refractivity contribution in [2.75, 3.05) is 30.4 Å². The van der Waals surface area contributed by atoms with Crippen molar-refractivity contribution >= 4 is 34.8 Å². The predicted octanol–water partition coefficient (Wildman–Crippen LogP) is 5.72. The quantitative estimate of drug-likeness (QED) is 0.295. The lowest BCUT2D eigenvalue weighted by molar-refractivity contribution is -0.115. The van der Waals surface area contributed by atoms with E-state index in [9.17, 15) is 18.8 Å². The second kappa shape index (κ2) is 12.1. The standard InChI is InChI=1S/C34H32ClFN4O3/c1-38(18-22-7-3-2-4-8-22)34(43)24-13-14-31(29(16-24)37-32(41)17-26-27(35)9-5-10-28(26)36)39-19-23-15-25(21-39)30-11-6-12-33(42)40(30)20-23/h2-14,16,23,25H,15,17-21H2,1H3,(H,37,41). The van der Waals surface area contributed by atoms with Crippen LogP contribution in [0, 0.1) is 11.7 Å². The molecule has 9 heteroatoms. The Kier molecular flexibility index (Phi) is 8.04. The van der Waals surface area contributed by atoms with Crippen molar-refractivity contribution in [2.24, 2.45) is 5.92 Å². The Morgan fingerprint density at radius 1 is 0.977 bits per heavy atom. The number of amides is 2. The number of nitrogens with zero attached hydrogens (tertiary/aromatic N) is 3. The van der Waals surface area contributed by atoms with Gasteiger partial charge in [0.05, 0.1) is 17.8 Å². The molecule has 0 radical (unpaired) electrons. The van der Waals surface area contributed by atoms with Crippen molar-refractivity contribution < 1.29 is 14.0 Å². The lowest BCUT2D eigenvalue weighted by Gasteiger charge is -2.44. The number of piperidine rings is 1. The third kappa shape index (κ3) is 6.06. The molecule has 1 saturated heterocycles. The fourth-order valence-corrected chi connectivity index (χ4v) is 6.57. The minimum absolute atomic E-state index is 0.0166. The molecule has 2 aliphatic heterocycles. The largest absolute Gasteiger partial charge is 0.369 e. The molecular weight excluding hydrogens is 567 g/mol. The number of fused-ring (bicyclic) bond motifs is 4. The average molecular weight is 599 g/mol. The normalized spacial score (nSPS) is 17.2. The molecular formula is C34H32ClFN4O3. The molecule has 2 atom stereocenters. The van der Waals surface area contributed by atoms with E-state index < -0.39 is 11.7 Å². The molecule has 220 valence electrons. The summed E-state index contributed by atoms with van der Waals surface area (Å²) < 4.78 is 16.4. The summed E-state index contributed by atoms with van der Waals surface area (Å²) in [6.07, 6.45) is 0.729. The van der Waals surface area contributed by atoms with Gasteiger partial charge in [0.15, 0.2) is 0 Å². The monoisotopic (exact) mass is 598 g/mol. The predicted molar refractivity (Wildman–Crippen MR) is 166 cm³/mol. The number of hydrogen-bond acceptors (Lipinski definition) is 4. The number of carbonyl (C=O) groups is 2. The molecule has 1 aromatic heterocycles. The average Bonchev–Trinajstić information content (AvgIpc) is 2.99. The summed E-state index contributed by atoms with van der Waals surface area (Å²) in [6.45, 7) is 2.42. The van der Waals surface area contributed by atoms with E-state index in [0.29, 0.717) is 37.4 Å². The van der Waals surface area contributed by atoms with E-state index in [0.717, 1.165) is 23.4 Å². The maximum absolute atomic E-state index is 14.5. The van der Waals surface area contributed by atoms with Crippen LogP contribution >= 0.6 is 11.6 Å². The molecule has 1 N–H and O–H groups in total. The topological polar surface area (TPSA) is 74.7 Å². The van der Waals surface area contributed by atoms with Gasteiger partial charge in [-0.15, -0.1) is 0 Å². The Labute approximate surface area is 254 Å². The maximum Gasteiger partial charge on any atom is 0.253 e. The highest BCUT2D eigenvalue weighted by Gasteiger charge is 2.35. The third-order valence-electron chi connectivity index (χ3n) is 8.35. The minimum atomic E-state index is -0.549. The van der Waals surface area contributed by atoms with E-state index in [2.05, 4.69) is 10.2 Å². The Balaban J connectivity index is 1.30. The highest BCUT2D eigenvalue weighted by molar-refractivity contribution is 6.31. The number of hydrogen-bond donors (Lipinski definition) is 1. The summed E-state index contributed by atoms with van der Waals surface area (Å²) in [5.74, 6) is -0.769. The van der Waals surface area contributed by atoms with E-state index in [4.69, 9.17) is 11.6 Å². The SMILES string of the molecule is CN(Cc1ccccc1)C(=O)c1ccc(N2CC3CC(C2)c2cccc(=O)n2C3)c(NC(=O)Cc2c(F)cccc2Cl)c1. The lowest BCUT2D eigenvalue weighted by atomic mass is 9.83. The molecule has 43 heavy (non-hydrogen) atoms. The first kappa shape index (κ1) is 28.7. The third-order valence-corrected chi connectivity index (χ3v) is 8.70. The van der Waals surface area contributed by atoms with Crippen LogP contribution in [0.3, 0.4) is 0 Å². The number of benzene rings is 3. The van der Waals surface area contributed by atoms with Crippen LogP contribution in [0.4, 0.5) is 15.8 Å². The van der Waals surface area contributed by atoms with Crippen LogP contribution in [-0.2, 0) is 24.3 Å². The number of nitrogens with one attached hydrogen (secondary N) is 1. The van der Waals surface area contributed by atoms with Gasteiger partial charge in [0, 0.05) is 67.1 Å². The van der Waals surface area contributed by atoms with Crippen LogP contribution in [0.2, 0.25) is 5.02 Å². The van der Waals surface area contributed by atoms with Crippen LogP contribution in [0.5, 0.6) is 0 Å². The Morgan fingerprint density at radius 2 is 1.77 bits per heavy atom. The molecule has 7 nitrogen and oxygen atoms in total. The van der Waals surface area contributed by atoms with E-state index in [1.165, 1.54) is 12.1 Å². The van der Waals surface area contributed by atoms with Crippen LogP contribution in [0.1, 0.15) is 39.5 Å². The van der Waals surface area contributed by atoms with Crippen molar-refractivity contribution in [3.63, 3.8) is 0 Å². The van der Waals surface area contributed by atoms with E-state index >= 15 is 0 Å². The molecule has 4 aromatic rings. The van der Waals surface area contributed by atoms with Gasteiger partial charge in [-0.1, -0.05) is 54.1 Å². The van der Waals surface area contributed by atoms with Crippen LogP contribution < -0.4 is 15.8 Å². The van der Waals surface area contributed by atoms with Crippen molar-refractivity contribution in [2.45, 2.75) is 31.8 Å². The number of aromatic nitrogens is 1. The van der Waals surface area contributed by atoms with Gasteiger partial charge in [0.25, 0.3) is 11.5 Å². The Bertz CT molecular complexity index is 1720. The van der Waals surface area contributed by atoms with Crippen LogP contribution in [-0.4, -0.2) is 41.4 Å². The minimum Gasteiger partial charge on any atom is -0.369 e. The first-order valence-electron chi connectivity index (χ1n) is 14.4. The van der Waals surface area contributed by atoms with Crippen molar-refractivity contribution in [1.29, 1.82) is 0 Å². The molecule has 2 bridgehead atoms. The Morgan fingerprint density at radius 3 is 2.56 bits per heavy atom. The van der Waals surface area contributed by atoms with Gasteiger partial charge in [-0.05, 0) is 54.3 Å². The van der Waals surface area contributed by atoms with Crippen molar-refractivity contribution in [3.05, 3.63) is 129 Å². The fourth-order valence-electron chi connectivity index (χ4n) is 6.34. The summed E-state index contributed by atoms with van der Waals surface area (Å²) >= 11 is 6.20. The van der Waals surface area contributed by atoms with Gasteiger partial charge in [-0.2, -0.15) is 0 Å². The highest BCUT2D eigenvalue weighted by Crippen LogP contribution is 2.39. The number of carbonyl (C=O) groups excluding carboxylic acids is 2. The lowest BCUT2D eigenvalue weighted by Crippen LogP contribution is -2.47. The molecule has 1 fully saturated rings. The molecule has 0 aliphatic carbocycles. The first-order valence-corrected chi connectivity index (χ1v) is 14.8. The summed E-state index contributed by atoms with van der Waals surface area (Å²) in [5, 5.41) is 3.14. The van der Waals surface area contributed by atoms with Crippen molar-refractivity contribution in [1.82, 2.24) is 9.47 Å². The molecule has 0 spiro atoms. The van der Waals surface area contributed by atoms with E-state index in [-0.39, 0.29) is 40.3 Å². The van der Waals surface area contributed by atoms with Gasteiger partial charge >= 0.3 is 0 Å². The van der Waals surface area contributed by atoms with Gasteiger partial charge in [-0.3, -0.25) is 14.4 Å². The van der Waals surface area contributed by atoms with Crippen LogP contribution in [0.25, 0.3) is 0 Å². The number of halogens is 2. The number of anilines is 2. The summed E-state index contributed by atoms with van der Waals surface area (Å²) in [5.41, 5.74) is 3.83. The van der Waals surface area contributed by atoms with Gasteiger partial charge < -0.3 is 19.7 Å². The smallest absolute Gasteiger partial charge is 0.253 e. The van der Waals surface area contributed by atoms with Gasteiger partial charge in [0.1, 0.15) is 5.82 Å². The molecule has 2 unspecified atom stereocenters. The second-order valence-electron chi connectivity index (χ2n) is 11.4. The van der Waals surface area contributed by atoms with E-state index in [1.807, 2.05) is 47.0 Å². The molecule has 3 aromatic carbocycles. The highest BCUT2D eigenvalue weighted by atomic mass is 35.5. The molecule has 2 aliphatic rings. The van der Waals surface area contributed by atoms with Crippen molar-refractivity contribution in [3.8, 4) is 0 Å². The van der Waals surface area contributed by atoms with Gasteiger partial charge in [0.2, 0.25) is 5.91 Å². The molecule has 2 amide bonds. The zero-order valence-electron chi connectivity index (χ0n) is 23.8. The molecule has 3 heterocycles. The zero-order valence-corrected chi connectivity index (χ0v) is 24.6. The summed E-state index contributed by atoms with van der Waals surface area (Å²) in [7, 11) is 1.74.